The highest BCUT2D eigenvalue weighted by Gasteiger charge is 2.24. The Kier molecular flexibility index (Phi) is 5.22. The molecule has 1 aromatic rings. The van der Waals surface area contributed by atoms with Crippen LogP contribution in [0, 0.1) is 17.6 Å². The van der Waals surface area contributed by atoms with Crippen molar-refractivity contribution in [3.05, 3.63) is 35.4 Å². The summed E-state index contributed by atoms with van der Waals surface area (Å²) in [6, 6.07) is 3.56. The van der Waals surface area contributed by atoms with E-state index in [0.29, 0.717) is 0 Å². The van der Waals surface area contributed by atoms with Crippen molar-refractivity contribution < 1.29 is 23.0 Å². The number of carbonyl (C=O) groups excluding carboxylic acids is 1. The molecule has 0 aliphatic rings. The van der Waals surface area contributed by atoms with Crippen molar-refractivity contribution in [1.29, 1.82) is 0 Å². The summed E-state index contributed by atoms with van der Waals surface area (Å²) in [6.45, 7) is 3.22. The third kappa shape index (κ3) is 3.50. The van der Waals surface area contributed by atoms with Crippen LogP contribution in [0.25, 0.3) is 0 Å². The minimum absolute atomic E-state index is 0.146. The van der Waals surface area contributed by atoms with Crippen molar-refractivity contribution in [2.24, 2.45) is 5.92 Å². The number of rotatable bonds is 5. The minimum atomic E-state index is -0.839. The van der Waals surface area contributed by atoms with Crippen LogP contribution in [-0.4, -0.2) is 19.2 Å². The normalized spacial score (nSPS) is 12.6. The molecule has 0 saturated carbocycles. The summed E-state index contributed by atoms with van der Waals surface area (Å²) in [7, 11) is 1.24. The molecule has 0 amide bonds. The fraction of sp³-hybridized carbons (Fsp3) is 0.462. The molecule has 0 aliphatic carbocycles. The van der Waals surface area contributed by atoms with Crippen molar-refractivity contribution in [3.63, 3.8) is 0 Å². The first-order chi connectivity index (χ1) is 8.47. The van der Waals surface area contributed by atoms with E-state index in [1.54, 1.807) is 13.8 Å². The molecule has 1 aromatic carbocycles. The number of hydrogen-bond donors (Lipinski definition) is 0. The van der Waals surface area contributed by atoms with Gasteiger partial charge < -0.3 is 9.47 Å². The fourth-order valence-electron chi connectivity index (χ4n) is 1.49. The third-order valence-corrected chi connectivity index (χ3v) is 2.51. The van der Waals surface area contributed by atoms with Gasteiger partial charge in [-0.15, -0.1) is 0 Å². The lowest BCUT2D eigenvalue weighted by atomic mass is 10.1. The Morgan fingerprint density at radius 2 is 1.83 bits per heavy atom. The topological polar surface area (TPSA) is 35.5 Å². The van der Waals surface area contributed by atoms with E-state index in [-0.39, 0.29) is 18.1 Å². The number of methoxy groups -OCH3 is 1. The number of benzene rings is 1. The van der Waals surface area contributed by atoms with Gasteiger partial charge in [-0.2, -0.15) is 0 Å². The Balaban J connectivity index is 2.76. The number of hydrogen-bond acceptors (Lipinski definition) is 3. The molecule has 1 atom stereocenters. The second kappa shape index (κ2) is 6.44. The van der Waals surface area contributed by atoms with Crippen LogP contribution in [0.15, 0.2) is 18.2 Å². The molecule has 1 unspecified atom stereocenters. The van der Waals surface area contributed by atoms with Gasteiger partial charge >= 0.3 is 5.97 Å². The highest BCUT2D eigenvalue weighted by atomic mass is 19.1. The lowest BCUT2D eigenvalue weighted by Gasteiger charge is -2.19. The van der Waals surface area contributed by atoms with Gasteiger partial charge in [0.1, 0.15) is 11.6 Å². The van der Waals surface area contributed by atoms with Gasteiger partial charge in [-0.25, -0.2) is 13.6 Å². The predicted octanol–water partition coefficient (Wildman–Crippen LogP) is 2.68. The standard InChI is InChI=1S/C13H16F2O3/c1-8(2)12(13(16)17-3)18-7-9-10(14)5-4-6-11(9)15/h4-6,8,12H,7H2,1-3H3. The minimum Gasteiger partial charge on any atom is -0.467 e. The lowest BCUT2D eigenvalue weighted by molar-refractivity contribution is -0.158. The van der Waals surface area contributed by atoms with Crippen molar-refractivity contribution in [2.75, 3.05) is 7.11 Å². The van der Waals surface area contributed by atoms with Gasteiger partial charge in [0, 0.05) is 5.56 Å². The second-order valence-electron chi connectivity index (χ2n) is 4.20. The van der Waals surface area contributed by atoms with Gasteiger partial charge in [-0.05, 0) is 18.1 Å². The van der Waals surface area contributed by atoms with Crippen LogP contribution in [0.1, 0.15) is 19.4 Å². The molecule has 0 saturated heterocycles. The van der Waals surface area contributed by atoms with E-state index in [1.807, 2.05) is 0 Å². The molecule has 5 heteroatoms. The largest absolute Gasteiger partial charge is 0.467 e. The summed E-state index contributed by atoms with van der Waals surface area (Å²) in [6.07, 6.45) is -0.839. The average Bonchev–Trinajstić information content (AvgIpc) is 2.31. The summed E-state index contributed by atoms with van der Waals surface area (Å²) in [5.74, 6) is -2.08. The van der Waals surface area contributed by atoms with Crippen molar-refractivity contribution in [2.45, 2.75) is 26.6 Å². The maximum atomic E-state index is 13.3. The van der Waals surface area contributed by atoms with Crippen LogP contribution in [0.2, 0.25) is 0 Å². The summed E-state index contributed by atoms with van der Waals surface area (Å²) >= 11 is 0. The molecule has 0 aromatic heterocycles. The molecule has 0 heterocycles. The van der Waals surface area contributed by atoms with Crippen LogP contribution < -0.4 is 0 Å². The highest BCUT2D eigenvalue weighted by Crippen LogP contribution is 2.16. The Labute approximate surface area is 105 Å². The maximum absolute atomic E-state index is 13.3. The Bertz CT molecular complexity index is 398. The molecule has 0 fully saturated rings. The molecule has 18 heavy (non-hydrogen) atoms. The quantitative estimate of drug-likeness (QED) is 0.762. The van der Waals surface area contributed by atoms with Crippen LogP contribution in [0.4, 0.5) is 8.78 Å². The molecule has 0 spiro atoms. The van der Waals surface area contributed by atoms with Crippen molar-refractivity contribution in [1.82, 2.24) is 0 Å². The fourth-order valence-corrected chi connectivity index (χ4v) is 1.49. The van der Waals surface area contributed by atoms with E-state index in [2.05, 4.69) is 4.74 Å². The first-order valence-electron chi connectivity index (χ1n) is 5.59. The number of halogens is 2. The molecular weight excluding hydrogens is 242 g/mol. The van der Waals surface area contributed by atoms with Crippen molar-refractivity contribution >= 4 is 5.97 Å². The molecule has 3 nitrogen and oxygen atoms in total. The van der Waals surface area contributed by atoms with E-state index in [9.17, 15) is 13.6 Å². The van der Waals surface area contributed by atoms with Gasteiger partial charge in [-0.3, -0.25) is 0 Å². The first-order valence-corrected chi connectivity index (χ1v) is 5.59. The van der Waals surface area contributed by atoms with E-state index >= 15 is 0 Å². The van der Waals surface area contributed by atoms with E-state index in [1.165, 1.54) is 13.2 Å². The van der Waals surface area contributed by atoms with Crippen LogP contribution in [0.5, 0.6) is 0 Å². The van der Waals surface area contributed by atoms with Crippen LogP contribution >= 0.6 is 0 Å². The smallest absolute Gasteiger partial charge is 0.335 e. The molecule has 100 valence electrons. The summed E-state index contributed by atoms with van der Waals surface area (Å²) < 4.78 is 36.5. The molecule has 0 N–H and O–H groups in total. The zero-order chi connectivity index (χ0) is 13.7. The SMILES string of the molecule is COC(=O)C(OCc1c(F)cccc1F)C(C)C. The second-order valence-corrected chi connectivity index (χ2v) is 4.20. The summed E-state index contributed by atoms with van der Waals surface area (Å²) in [4.78, 5) is 11.4. The molecule has 0 radical (unpaired) electrons. The molecule has 0 aliphatic heterocycles. The first kappa shape index (κ1) is 14.6. The predicted molar refractivity (Wildman–Crippen MR) is 61.8 cm³/mol. The van der Waals surface area contributed by atoms with Crippen molar-refractivity contribution in [3.8, 4) is 0 Å². The Morgan fingerprint density at radius 3 is 2.28 bits per heavy atom. The molecule has 0 bridgehead atoms. The van der Waals surface area contributed by atoms with Gasteiger partial charge in [0.05, 0.1) is 13.7 Å². The zero-order valence-corrected chi connectivity index (χ0v) is 10.6. The highest BCUT2D eigenvalue weighted by molar-refractivity contribution is 5.74. The number of carbonyl (C=O) groups is 1. The molecular formula is C13H16F2O3. The number of esters is 1. The average molecular weight is 258 g/mol. The summed E-state index contributed by atoms with van der Waals surface area (Å²) in [5.41, 5.74) is -0.188. The molecule has 1 rings (SSSR count). The van der Waals surface area contributed by atoms with E-state index in [0.717, 1.165) is 12.1 Å². The number of ether oxygens (including phenoxy) is 2. The zero-order valence-electron chi connectivity index (χ0n) is 10.6. The van der Waals surface area contributed by atoms with E-state index in [4.69, 9.17) is 4.74 Å². The van der Waals surface area contributed by atoms with Gasteiger partial charge in [0.2, 0.25) is 0 Å². The Hall–Kier alpha value is -1.49. The summed E-state index contributed by atoms with van der Waals surface area (Å²) in [5, 5.41) is 0. The Morgan fingerprint density at radius 1 is 1.28 bits per heavy atom. The van der Waals surface area contributed by atoms with E-state index < -0.39 is 23.7 Å². The van der Waals surface area contributed by atoms with Gasteiger partial charge in [-0.1, -0.05) is 19.9 Å². The van der Waals surface area contributed by atoms with Crippen LogP contribution in [-0.2, 0) is 20.9 Å². The van der Waals surface area contributed by atoms with Crippen LogP contribution in [0.3, 0.4) is 0 Å². The monoisotopic (exact) mass is 258 g/mol. The van der Waals surface area contributed by atoms with Gasteiger partial charge in [0.25, 0.3) is 0 Å². The maximum Gasteiger partial charge on any atom is 0.335 e. The third-order valence-electron chi connectivity index (χ3n) is 2.51. The lowest BCUT2D eigenvalue weighted by Crippen LogP contribution is -2.30. The van der Waals surface area contributed by atoms with Gasteiger partial charge in [0.15, 0.2) is 6.10 Å².